The van der Waals surface area contributed by atoms with Crippen molar-refractivity contribution in [2.45, 2.75) is 13.0 Å². The molecule has 112 valence electrons. The highest BCUT2D eigenvalue weighted by Crippen LogP contribution is 2.39. The van der Waals surface area contributed by atoms with E-state index < -0.39 is 11.9 Å². The summed E-state index contributed by atoms with van der Waals surface area (Å²) in [5, 5.41) is 7.24. The molecule has 3 heterocycles. The summed E-state index contributed by atoms with van der Waals surface area (Å²) < 4.78 is 12.4. The van der Waals surface area contributed by atoms with Gasteiger partial charge in [-0.25, -0.2) is 4.68 Å². The minimum absolute atomic E-state index is 0.192. The second-order valence-electron chi connectivity index (χ2n) is 5.07. The third-order valence-corrected chi connectivity index (χ3v) is 3.77. The van der Waals surface area contributed by atoms with Crippen molar-refractivity contribution in [3.05, 3.63) is 41.4 Å². The molecule has 3 N–H and O–H groups in total. The molecule has 8 nitrogen and oxygen atoms in total. The van der Waals surface area contributed by atoms with Gasteiger partial charge in [-0.15, -0.1) is 0 Å². The SMILES string of the molecule is CC1=C(C(N)=O)C(c2ccc3c(c2)OCO3)n2ncnc2N1. The summed E-state index contributed by atoms with van der Waals surface area (Å²) >= 11 is 0. The van der Waals surface area contributed by atoms with Gasteiger partial charge in [-0.1, -0.05) is 6.07 Å². The zero-order valence-corrected chi connectivity index (χ0v) is 11.7. The highest BCUT2D eigenvalue weighted by molar-refractivity contribution is 5.95. The number of nitrogens with one attached hydrogen (secondary N) is 1. The zero-order valence-electron chi connectivity index (χ0n) is 11.7. The number of aromatic nitrogens is 3. The number of nitrogens with zero attached hydrogens (tertiary/aromatic N) is 3. The highest BCUT2D eigenvalue weighted by atomic mass is 16.7. The molecule has 0 saturated heterocycles. The molecule has 0 saturated carbocycles. The van der Waals surface area contributed by atoms with E-state index in [-0.39, 0.29) is 6.79 Å². The minimum atomic E-state index is -0.506. The van der Waals surface area contributed by atoms with Crippen LogP contribution >= 0.6 is 0 Å². The second-order valence-corrected chi connectivity index (χ2v) is 5.07. The molecule has 0 radical (unpaired) electrons. The van der Waals surface area contributed by atoms with Gasteiger partial charge in [0, 0.05) is 5.70 Å². The Morgan fingerprint density at radius 2 is 2.23 bits per heavy atom. The van der Waals surface area contributed by atoms with Crippen LogP contribution in [0.5, 0.6) is 11.5 Å². The predicted octanol–water partition coefficient (Wildman–Crippen LogP) is 0.781. The van der Waals surface area contributed by atoms with Gasteiger partial charge in [0.2, 0.25) is 18.6 Å². The molecular weight excluding hydrogens is 286 g/mol. The topological polar surface area (TPSA) is 104 Å². The van der Waals surface area contributed by atoms with Crippen LogP contribution in [-0.4, -0.2) is 27.5 Å². The molecule has 4 rings (SSSR count). The van der Waals surface area contributed by atoms with E-state index in [9.17, 15) is 4.79 Å². The van der Waals surface area contributed by atoms with Crippen molar-refractivity contribution in [1.29, 1.82) is 0 Å². The molecule has 1 amide bonds. The number of rotatable bonds is 2. The number of carbonyl (C=O) groups excluding carboxylic acids is 1. The number of amides is 1. The van der Waals surface area contributed by atoms with Crippen LogP contribution in [0.15, 0.2) is 35.8 Å². The van der Waals surface area contributed by atoms with E-state index in [4.69, 9.17) is 15.2 Å². The molecule has 0 fully saturated rings. The maximum absolute atomic E-state index is 11.9. The van der Waals surface area contributed by atoms with E-state index in [1.54, 1.807) is 11.6 Å². The third kappa shape index (κ3) is 1.73. The van der Waals surface area contributed by atoms with Crippen molar-refractivity contribution in [3.8, 4) is 11.5 Å². The molecule has 0 aliphatic carbocycles. The monoisotopic (exact) mass is 299 g/mol. The molecule has 0 bridgehead atoms. The number of benzene rings is 1. The number of carbonyl (C=O) groups is 1. The van der Waals surface area contributed by atoms with Gasteiger partial charge in [-0.3, -0.25) is 4.79 Å². The Labute approximate surface area is 125 Å². The summed E-state index contributed by atoms with van der Waals surface area (Å²) in [5.41, 5.74) is 7.50. The quantitative estimate of drug-likeness (QED) is 0.849. The number of primary amides is 1. The van der Waals surface area contributed by atoms with Gasteiger partial charge in [0.1, 0.15) is 12.4 Å². The molecule has 1 aromatic heterocycles. The number of hydrogen-bond donors (Lipinski definition) is 2. The first-order chi connectivity index (χ1) is 10.6. The van der Waals surface area contributed by atoms with Crippen LogP contribution in [0.2, 0.25) is 0 Å². The van der Waals surface area contributed by atoms with Gasteiger partial charge in [-0.05, 0) is 24.6 Å². The average molecular weight is 299 g/mol. The Hall–Kier alpha value is -3.03. The Morgan fingerprint density at radius 3 is 3.05 bits per heavy atom. The van der Waals surface area contributed by atoms with Crippen LogP contribution in [0.4, 0.5) is 5.95 Å². The Kier molecular flexibility index (Phi) is 2.59. The number of anilines is 1. The molecule has 1 atom stereocenters. The van der Waals surface area contributed by atoms with Gasteiger partial charge < -0.3 is 20.5 Å². The number of allylic oxidation sites excluding steroid dienone is 1. The maximum atomic E-state index is 11.9. The van der Waals surface area contributed by atoms with Crippen molar-refractivity contribution >= 4 is 11.9 Å². The first-order valence-electron chi connectivity index (χ1n) is 6.72. The molecule has 2 aliphatic heterocycles. The lowest BCUT2D eigenvalue weighted by Gasteiger charge is -2.27. The second kappa shape index (κ2) is 4.48. The molecular formula is C14H13N5O3. The number of fused-ring (bicyclic) bond motifs is 2. The van der Waals surface area contributed by atoms with Crippen molar-refractivity contribution in [2.24, 2.45) is 5.73 Å². The molecule has 2 aromatic rings. The maximum Gasteiger partial charge on any atom is 0.248 e. The van der Waals surface area contributed by atoms with Gasteiger partial charge >= 0.3 is 0 Å². The summed E-state index contributed by atoms with van der Waals surface area (Å²) in [6, 6.07) is 5.06. The van der Waals surface area contributed by atoms with E-state index in [2.05, 4.69) is 15.4 Å². The van der Waals surface area contributed by atoms with Gasteiger partial charge in [0.05, 0.1) is 5.57 Å². The lowest BCUT2D eigenvalue weighted by molar-refractivity contribution is -0.115. The summed E-state index contributed by atoms with van der Waals surface area (Å²) in [7, 11) is 0. The fourth-order valence-electron chi connectivity index (χ4n) is 2.80. The van der Waals surface area contributed by atoms with E-state index in [1.807, 2.05) is 18.2 Å². The van der Waals surface area contributed by atoms with Crippen molar-refractivity contribution < 1.29 is 14.3 Å². The summed E-state index contributed by atoms with van der Waals surface area (Å²) in [5.74, 6) is 1.37. The first kappa shape index (κ1) is 12.7. The van der Waals surface area contributed by atoms with Gasteiger partial charge in [-0.2, -0.15) is 10.1 Å². The lowest BCUT2D eigenvalue weighted by Crippen LogP contribution is -2.31. The number of nitrogens with two attached hydrogens (primary N) is 1. The van der Waals surface area contributed by atoms with Crippen LogP contribution in [0, 0.1) is 0 Å². The minimum Gasteiger partial charge on any atom is -0.454 e. The fraction of sp³-hybridized carbons (Fsp3) is 0.214. The van der Waals surface area contributed by atoms with Crippen LogP contribution < -0.4 is 20.5 Å². The molecule has 1 unspecified atom stereocenters. The fourth-order valence-corrected chi connectivity index (χ4v) is 2.80. The van der Waals surface area contributed by atoms with Crippen LogP contribution in [0.25, 0.3) is 0 Å². The largest absolute Gasteiger partial charge is 0.454 e. The highest BCUT2D eigenvalue weighted by Gasteiger charge is 2.33. The molecule has 22 heavy (non-hydrogen) atoms. The lowest BCUT2D eigenvalue weighted by atomic mass is 9.95. The van der Waals surface area contributed by atoms with Gasteiger partial charge in [0.15, 0.2) is 11.5 Å². The first-order valence-corrected chi connectivity index (χ1v) is 6.72. The smallest absolute Gasteiger partial charge is 0.248 e. The molecule has 2 aliphatic rings. The van der Waals surface area contributed by atoms with Crippen LogP contribution in [0.1, 0.15) is 18.5 Å². The van der Waals surface area contributed by atoms with E-state index >= 15 is 0 Å². The molecule has 8 heteroatoms. The van der Waals surface area contributed by atoms with Crippen molar-refractivity contribution in [1.82, 2.24) is 14.8 Å². The van der Waals surface area contributed by atoms with Crippen LogP contribution in [-0.2, 0) is 4.79 Å². The van der Waals surface area contributed by atoms with E-state index in [1.165, 1.54) is 6.33 Å². The van der Waals surface area contributed by atoms with E-state index in [0.717, 1.165) is 5.56 Å². The summed E-state index contributed by atoms with van der Waals surface area (Å²) in [6.07, 6.45) is 1.43. The van der Waals surface area contributed by atoms with Gasteiger partial charge in [0.25, 0.3) is 0 Å². The Bertz CT molecular complexity index is 811. The average Bonchev–Trinajstić information content (AvgIpc) is 3.12. The summed E-state index contributed by atoms with van der Waals surface area (Å²) in [6.45, 7) is 1.98. The predicted molar refractivity (Wildman–Crippen MR) is 76.2 cm³/mol. The van der Waals surface area contributed by atoms with Crippen molar-refractivity contribution in [2.75, 3.05) is 12.1 Å². The summed E-state index contributed by atoms with van der Waals surface area (Å²) in [4.78, 5) is 16.1. The van der Waals surface area contributed by atoms with Crippen molar-refractivity contribution in [3.63, 3.8) is 0 Å². The van der Waals surface area contributed by atoms with E-state index in [0.29, 0.717) is 28.7 Å². The molecule has 1 aromatic carbocycles. The number of ether oxygens (including phenoxy) is 2. The number of hydrogen-bond acceptors (Lipinski definition) is 6. The van der Waals surface area contributed by atoms with Crippen LogP contribution in [0.3, 0.4) is 0 Å². The Balaban J connectivity index is 1.89. The normalized spacial score (nSPS) is 18.9. The Morgan fingerprint density at radius 1 is 1.41 bits per heavy atom. The third-order valence-electron chi connectivity index (χ3n) is 3.77. The molecule has 0 spiro atoms. The zero-order chi connectivity index (χ0) is 15.3. The standard InChI is InChI=1S/C14H13N5O3/c1-7-11(13(15)20)12(19-14(18-7)16-5-17-19)8-2-3-9-10(4-8)22-6-21-9/h2-5,12H,6H2,1H3,(H2,15,20)(H,16,17,18).